The zero-order valence-corrected chi connectivity index (χ0v) is 13.5. The van der Waals surface area contributed by atoms with Crippen LogP contribution in [-0.4, -0.2) is 42.3 Å². The average Bonchev–Trinajstić information content (AvgIpc) is 2.37. The number of ether oxygens (including phenoxy) is 1. The third-order valence-electron chi connectivity index (χ3n) is 3.51. The fourth-order valence-corrected chi connectivity index (χ4v) is 2.38. The van der Waals surface area contributed by atoms with Crippen LogP contribution in [0.5, 0.6) is 0 Å². The molecule has 0 radical (unpaired) electrons. The van der Waals surface area contributed by atoms with Crippen LogP contribution >= 0.6 is 0 Å². The maximum absolute atomic E-state index is 12.1. The Morgan fingerprint density at radius 3 is 2.80 bits per heavy atom. The molecule has 1 aliphatic rings. The molecule has 4 nitrogen and oxygen atoms in total. The molecule has 0 spiro atoms. The Hall–Kier alpha value is -1.21. The third kappa shape index (κ3) is 5.83. The smallest absolute Gasteiger partial charge is 0.410 e. The van der Waals surface area contributed by atoms with Gasteiger partial charge in [-0.15, -0.1) is 5.92 Å². The van der Waals surface area contributed by atoms with E-state index >= 15 is 0 Å². The van der Waals surface area contributed by atoms with Gasteiger partial charge in [0, 0.05) is 19.1 Å². The standard InChI is InChI=1S/C16H28N2O2/c1-6-7-10-17-13(2)14-9-8-11-18(12-14)15(19)20-16(3,4)5/h13-14,17H,8-12H2,1-5H3. The number of nitrogens with one attached hydrogen (secondary N) is 1. The van der Waals surface area contributed by atoms with Crippen molar-refractivity contribution in [1.29, 1.82) is 0 Å². The monoisotopic (exact) mass is 280 g/mol. The maximum Gasteiger partial charge on any atom is 0.410 e. The van der Waals surface area contributed by atoms with Crippen LogP contribution in [0.2, 0.25) is 0 Å². The lowest BCUT2D eigenvalue weighted by molar-refractivity contribution is 0.0149. The van der Waals surface area contributed by atoms with E-state index in [2.05, 4.69) is 24.1 Å². The highest BCUT2D eigenvalue weighted by molar-refractivity contribution is 5.68. The van der Waals surface area contributed by atoms with Gasteiger partial charge in [-0.25, -0.2) is 4.79 Å². The molecule has 1 saturated heterocycles. The molecule has 0 aromatic heterocycles. The minimum absolute atomic E-state index is 0.192. The molecule has 0 bridgehead atoms. The summed E-state index contributed by atoms with van der Waals surface area (Å²) in [5, 5.41) is 3.41. The van der Waals surface area contributed by atoms with E-state index in [1.165, 1.54) is 0 Å². The minimum Gasteiger partial charge on any atom is -0.444 e. The second-order valence-corrected chi connectivity index (χ2v) is 6.43. The zero-order valence-electron chi connectivity index (χ0n) is 13.5. The normalized spacial score (nSPS) is 20.9. The first-order valence-electron chi connectivity index (χ1n) is 7.44. The molecule has 4 heteroatoms. The Labute approximate surface area is 123 Å². The van der Waals surface area contributed by atoms with E-state index in [0.29, 0.717) is 18.5 Å². The Kier molecular flexibility index (Phi) is 6.35. The number of carbonyl (C=O) groups is 1. The lowest BCUT2D eigenvalue weighted by Crippen LogP contribution is -2.48. The lowest BCUT2D eigenvalue weighted by Gasteiger charge is -2.36. The topological polar surface area (TPSA) is 41.6 Å². The number of carbonyl (C=O) groups excluding carboxylic acids is 1. The predicted octanol–water partition coefficient (Wildman–Crippen LogP) is 2.63. The van der Waals surface area contributed by atoms with Crippen molar-refractivity contribution in [3.05, 3.63) is 0 Å². The van der Waals surface area contributed by atoms with E-state index in [1.807, 2.05) is 32.6 Å². The number of piperidine rings is 1. The largest absolute Gasteiger partial charge is 0.444 e. The van der Waals surface area contributed by atoms with Gasteiger partial charge in [0.15, 0.2) is 0 Å². The molecule has 0 aromatic carbocycles. The Balaban J connectivity index is 2.48. The molecule has 1 fully saturated rings. The van der Waals surface area contributed by atoms with Crippen LogP contribution in [-0.2, 0) is 4.74 Å². The molecule has 1 N–H and O–H groups in total. The van der Waals surface area contributed by atoms with Crippen molar-refractivity contribution in [2.45, 2.75) is 59.1 Å². The van der Waals surface area contributed by atoms with Gasteiger partial charge in [-0.2, -0.15) is 0 Å². The zero-order chi connectivity index (χ0) is 15.2. The number of hydrogen-bond acceptors (Lipinski definition) is 3. The molecular weight excluding hydrogens is 252 g/mol. The van der Waals surface area contributed by atoms with Crippen LogP contribution in [0, 0.1) is 17.8 Å². The van der Waals surface area contributed by atoms with Crippen LogP contribution in [0.15, 0.2) is 0 Å². The Morgan fingerprint density at radius 2 is 2.20 bits per heavy atom. The van der Waals surface area contributed by atoms with Gasteiger partial charge < -0.3 is 15.0 Å². The van der Waals surface area contributed by atoms with Gasteiger partial charge in [0.2, 0.25) is 0 Å². The lowest BCUT2D eigenvalue weighted by atomic mass is 9.92. The molecule has 2 atom stereocenters. The van der Waals surface area contributed by atoms with Crippen LogP contribution < -0.4 is 5.32 Å². The molecule has 1 amide bonds. The molecule has 20 heavy (non-hydrogen) atoms. The van der Waals surface area contributed by atoms with Gasteiger partial charge in [-0.3, -0.25) is 0 Å². The van der Waals surface area contributed by atoms with E-state index in [-0.39, 0.29) is 6.09 Å². The summed E-state index contributed by atoms with van der Waals surface area (Å²) >= 11 is 0. The average molecular weight is 280 g/mol. The van der Waals surface area contributed by atoms with E-state index < -0.39 is 5.60 Å². The van der Waals surface area contributed by atoms with E-state index in [0.717, 1.165) is 25.9 Å². The van der Waals surface area contributed by atoms with Gasteiger partial charge in [0.1, 0.15) is 5.60 Å². The second kappa shape index (κ2) is 7.54. The SMILES string of the molecule is CC#CCNC(C)C1CCCN(C(=O)OC(C)(C)C)C1. The van der Waals surface area contributed by atoms with Crippen LogP contribution in [0.4, 0.5) is 4.79 Å². The highest BCUT2D eigenvalue weighted by Gasteiger charge is 2.29. The van der Waals surface area contributed by atoms with Gasteiger partial charge in [0.25, 0.3) is 0 Å². The summed E-state index contributed by atoms with van der Waals surface area (Å²) in [6.45, 7) is 12.0. The highest BCUT2D eigenvalue weighted by Crippen LogP contribution is 2.21. The van der Waals surface area contributed by atoms with Crippen LogP contribution in [0.3, 0.4) is 0 Å². The van der Waals surface area contributed by atoms with Crippen molar-refractivity contribution in [2.75, 3.05) is 19.6 Å². The van der Waals surface area contributed by atoms with Crippen molar-refractivity contribution >= 4 is 6.09 Å². The molecule has 1 heterocycles. The van der Waals surface area contributed by atoms with E-state index in [4.69, 9.17) is 4.74 Å². The van der Waals surface area contributed by atoms with Gasteiger partial charge in [-0.05, 0) is 53.4 Å². The number of likely N-dealkylation sites (tertiary alicyclic amines) is 1. The van der Waals surface area contributed by atoms with E-state index in [1.54, 1.807) is 0 Å². The molecule has 1 aliphatic heterocycles. The molecule has 114 valence electrons. The summed E-state index contributed by atoms with van der Waals surface area (Å²) in [7, 11) is 0. The fourth-order valence-electron chi connectivity index (χ4n) is 2.38. The summed E-state index contributed by atoms with van der Waals surface area (Å²) < 4.78 is 5.45. The summed E-state index contributed by atoms with van der Waals surface area (Å²) in [4.78, 5) is 13.9. The van der Waals surface area contributed by atoms with Crippen molar-refractivity contribution in [2.24, 2.45) is 5.92 Å². The second-order valence-electron chi connectivity index (χ2n) is 6.43. The third-order valence-corrected chi connectivity index (χ3v) is 3.51. The number of amides is 1. The summed E-state index contributed by atoms with van der Waals surface area (Å²) in [5.74, 6) is 6.37. The molecule has 2 unspecified atom stereocenters. The van der Waals surface area contributed by atoms with Crippen molar-refractivity contribution < 1.29 is 9.53 Å². The van der Waals surface area contributed by atoms with Gasteiger partial charge in [-0.1, -0.05) is 5.92 Å². The molecular formula is C16H28N2O2. The highest BCUT2D eigenvalue weighted by atomic mass is 16.6. The first-order valence-corrected chi connectivity index (χ1v) is 7.44. The van der Waals surface area contributed by atoms with Gasteiger partial charge in [0.05, 0.1) is 6.54 Å². The van der Waals surface area contributed by atoms with E-state index in [9.17, 15) is 4.79 Å². The number of hydrogen-bond donors (Lipinski definition) is 1. The first kappa shape index (κ1) is 16.8. The maximum atomic E-state index is 12.1. The molecule has 0 saturated carbocycles. The summed E-state index contributed by atoms with van der Waals surface area (Å²) in [6, 6.07) is 0.362. The van der Waals surface area contributed by atoms with Crippen molar-refractivity contribution in [3.8, 4) is 11.8 Å². The minimum atomic E-state index is -0.426. The Morgan fingerprint density at radius 1 is 1.50 bits per heavy atom. The Bertz CT molecular complexity index is 376. The summed E-state index contributed by atoms with van der Waals surface area (Å²) in [5.41, 5.74) is -0.426. The molecule has 0 aromatic rings. The van der Waals surface area contributed by atoms with Gasteiger partial charge >= 0.3 is 6.09 Å². The van der Waals surface area contributed by atoms with Crippen molar-refractivity contribution in [3.63, 3.8) is 0 Å². The first-order chi connectivity index (χ1) is 9.33. The van der Waals surface area contributed by atoms with Crippen molar-refractivity contribution in [1.82, 2.24) is 10.2 Å². The number of nitrogens with zero attached hydrogens (tertiary/aromatic N) is 1. The summed E-state index contributed by atoms with van der Waals surface area (Å²) in [6.07, 6.45) is 1.99. The fraction of sp³-hybridized carbons (Fsp3) is 0.812. The molecule has 1 rings (SSSR count). The number of rotatable bonds is 3. The molecule has 0 aliphatic carbocycles. The quantitative estimate of drug-likeness (QED) is 0.808. The van der Waals surface area contributed by atoms with Crippen LogP contribution in [0.1, 0.15) is 47.5 Å². The predicted molar refractivity (Wildman–Crippen MR) is 81.4 cm³/mol. The van der Waals surface area contributed by atoms with Crippen LogP contribution in [0.25, 0.3) is 0 Å².